The first-order chi connectivity index (χ1) is 13.1. The summed E-state index contributed by atoms with van der Waals surface area (Å²) < 4.78 is 36.0. The predicted molar refractivity (Wildman–Crippen MR) is 110 cm³/mol. The molecule has 2 rings (SSSR count). The summed E-state index contributed by atoms with van der Waals surface area (Å²) in [5, 5.41) is 1.77. The number of nitrogens with zero attached hydrogens (tertiary/aromatic N) is 1. The van der Waals surface area contributed by atoms with Crippen molar-refractivity contribution in [1.82, 2.24) is 5.06 Å². The second-order valence-corrected chi connectivity index (χ2v) is 11.0. The highest BCUT2D eigenvalue weighted by Gasteiger charge is 2.51. The van der Waals surface area contributed by atoms with Crippen LogP contribution in [0.1, 0.15) is 59.9 Å². The molecule has 29 heavy (non-hydrogen) atoms. The van der Waals surface area contributed by atoms with Gasteiger partial charge in [-0.05, 0) is 73.4 Å². The van der Waals surface area contributed by atoms with Gasteiger partial charge in [0.15, 0.2) is 5.60 Å². The van der Waals surface area contributed by atoms with E-state index in [-0.39, 0.29) is 4.90 Å². The Morgan fingerprint density at radius 1 is 1.07 bits per heavy atom. The van der Waals surface area contributed by atoms with Crippen LogP contribution in [0.4, 0.5) is 0 Å². The van der Waals surface area contributed by atoms with Gasteiger partial charge in [-0.2, -0.15) is 13.5 Å². The Hall–Kier alpha value is -1.48. The van der Waals surface area contributed by atoms with E-state index in [0.29, 0.717) is 12.8 Å². The molecule has 0 aromatic heterocycles. The summed E-state index contributed by atoms with van der Waals surface area (Å²) >= 11 is 0. The molecule has 1 aromatic carbocycles. The molecule has 1 heterocycles. The van der Waals surface area contributed by atoms with E-state index in [2.05, 4.69) is 0 Å². The van der Waals surface area contributed by atoms with Crippen molar-refractivity contribution in [2.24, 2.45) is 0 Å². The Labute approximate surface area is 174 Å². The van der Waals surface area contributed by atoms with E-state index in [1.807, 2.05) is 34.6 Å². The highest BCUT2D eigenvalue weighted by Crippen LogP contribution is 2.42. The number of rotatable bonds is 6. The molecule has 0 unspecified atom stereocenters. The zero-order valence-electron chi connectivity index (χ0n) is 18.6. The molecule has 0 radical (unpaired) electrons. The standard InChI is InChI=1S/C21H33NO6S/c1-15-9-11-17(12-10-15)29(24,25)27-16-13-19(2,3)22(20(4,5)14-16)28-21(6,7)18(23)26-8/h9-12,16H,13-14H2,1-8H3. The third kappa shape index (κ3) is 5.36. The van der Waals surface area contributed by atoms with E-state index in [4.69, 9.17) is 13.8 Å². The van der Waals surface area contributed by atoms with Crippen LogP contribution in [0.25, 0.3) is 0 Å². The summed E-state index contributed by atoms with van der Waals surface area (Å²) in [5.41, 5.74) is -1.36. The molecule has 1 aliphatic rings. The number of carbonyl (C=O) groups is 1. The maximum atomic E-state index is 12.7. The van der Waals surface area contributed by atoms with Crippen LogP contribution >= 0.6 is 0 Å². The van der Waals surface area contributed by atoms with Gasteiger partial charge >= 0.3 is 5.97 Å². The first kappa shape index (κ1) is 23.8. The highest BCUT2D eigenvalue weighted by molar-refractivity contribution is 7.86. The van der Waals surface area contributed by atoms with Crippen molar-refractivity contribution in [2.45, 2.75) is 89.0 Å². The van der Waals surface area contributed by atoms with Crippen molar-refractivity contribution in [3.8, 4) is 0 Å². The molecule has 0 aliphatic carbocycles. The van der Waals surface area contributed by atoms with Crippen molar-refractivity contribution in [1.29, 1.82) is 0 Å². The summed E-state index contributed by atoms with van der Waals surface area (Å²) in [5.74, 6) is -0.482. The number of benzene rings is 1. The fourth-order valence-electron chi connectivity index (χ4n) is 3.94. The van der Waals surface area contributed by atoms with Crippen molar-refractivity contribution >= 4 is 16.1 Å². The number of aryl methyl sites for hydroxylation is 1. The normalized spacial score (nSPS) is 20.4. The highest BCUT2D eigenvalue weighted by atomic mass is 32.2. The van der Waals surface area contributed by atoms with Gasteiger partial charge in [0.1, 0.15) is 0 Å². The lowest BCUT2D eigenvalue weighted by molar-refractivity contribution is -0.330. The zero-order valence-corrected chi connectivity index (χ0v) is 19.4. The van der Waals surface area contributed by atoms with Crippen molar-refractivity contribution < 1.29 is 27.0 Å². The van der Waals surface area contributed by atoms with Gasteiger partial charge < -0.3 is 4.74 Å². The van der Waals surface area contributed by atoms with Crippen LogP contribution in [0.2, 0.25) is 0 Å². The molecule has 0 atom stereocenters. The van der Waals surface area contributed by atoms with Crippen molar-refractivity contribution in [3.63, 3.8) is 0 Å². The molecule has 0 saturated carbocycles. The summed E-state index contributed by atoms with van der Waals surface area (Å²) in [6.07, 6.45) is 0.310. The Bertz CT molecular complexity index is 824. The van der Waals surface area contributed by atoms with Gasteiger partial charge in [0, 0.05) is 11.1 Å². The molecular formula is C21H33NO6S. The van der Waals surface area contributed by atoms with Gasteiger partial charge in [0.25, 0.3) is 10.1 Å². The fraction of sp³-hybridized carbons (Fsp3) is 0.667. The monoisotopic (exact) mass is 427 g/mol. The van der Waals surface area contributed by atoms with Crippen molar-refractivity contribution in [3.05, 3.63) is 29.8 Å². The SMILES string of the molecule is COC(=O)C(C)(C)ON1C(C)(C)CC(OS(=O)(=O)c2ccc(C)cc2)CC1(C)C. The van der Waals surface area contributed by atoms with Gasteiger partial charge in [0.2, 0.25) is 0 Å². The second-order valence-electron chi connectivity index (χ2n) is 9.41. The van der Waals surface area contributed by atoms with E-state index >= 15 is 0 Å². The Kier molecular flexibility index (Phi) is 6.55. The lowest BCUT2D eigenvalue weighted by atomic mass is 9.80. The van der Waals surface area contributed by atoms with Crippen LogP contribution in [-0.4, -0.2) is 49.3 Å². The molecule has 0 N–H and O–H groups in total. The van der Waals surface area contributed by atoms with Crippen molar-refractivity contribution in [2.75, 3.05) is 7.11 Å². The second kappa shape index (κ2) is 7.98. The van der Waals surface area contributed by atoms with Crippen LogP contribution in [-0.2, 0) is 28.7 Å². The quantitative estimate of drug-likeness (QED) is 0.507. The summed E-state index contributed by atoms with van der Waals surface area (Å²) in [6.45, 7) is 13.0. The molecule has 0 amide bonds. The number of hydroxylamine groups is 2. The molecule has 1 aliphatic heterocycles. The van der Waals surface area contributed by atoms with Crippen LogP contribution in [0.3, 0.4) is 0 Å². The van der Waals surface area contributed by atoms with Crippen LogP contribution in [0.5, 0.6) is 0 Å². The van der Waals surface area contributed by atoms with Gasteiger partial charge in [-0.3, -0.25) is 9.02 Å². The lowest BCUT2D eigenvalue weighted by Crippen LogP contribution is -2.64. The number of carbonyl (C=O) groups excluding carboxylic acids is 1. The summed E-state index contributed by atoms with van der Waals surface area (Å²) in [6, 6.07) is 6.60. The maximum Gasteiger partial charge on any atom is 0.339 e. The third-order valence-electron chi connectivity index (χ3n) is 5.12. The largest absolute Gasteiger partial charge is 0.467 e. The number of methoxy groups -OCH3 is 1. The molecule has 8 heteroatoms. The molecule has 1 aromatic rings. The average Bonchev–Trinajstić information content (AvgIpc) is 2.56. The predicted octanol–water partition coefficient (Wildman–Crippen LogP) is 3.61. The minimum atomic E-state index is -3.88. The lowest BCUT2D eigenvalue weighted by Gasteiger charge is -2.54. The molecular weight excluding hydrogens is 394 g/mol. The molecule has 0 spiro atoms. The van der Waals surface area contributed by atoms with E-state index in [1.54, 1.807) is 43.2 Å². The minimum Gasteiger partial charge on any atom is -0.467 e. The van der Waals surface area contributed by atoms with Crippen LogP contribution < -0.4 is 0 Å². The maximum absolute atomic E-state index is 12.7. The molecule has 164 valence electrons. The number of esters is 1. The zero-order chi connectivity index (χ0) is 22.3. The minimum absolute atomic E-state index is 0.143. The first-order valence-corrected chi connectivity index (χ1v) is 11.1. The van der Waals surface area contributed by atoms with Gasteiger partial charge in [0.05, 0.1) is 18.1 Å². The topological polar surface area (TPSA) is 82.1 Å². The smallest absolute Gasteiger partial charge is 0.339 e. The average molecular weight is 428 g/mol. The van der Waals surface area contributed by atoms with Crippen LogP contribution in [0, 0.1) is 6.92 Å². The fourth-order valence-corrected chi connectivity index (χ4v) is 5.01. The Morgan fingerprint density at radius 2 is 1.55 bits per heavy atom. The van der Waals surface area contributed by atoms with E-state index in [0.717, 1.165) is 5.56 Å². The first-order valence-electron chi connectivity index (χ1n) is 9.69. The van der Waals surface area contributed by atoms with Gasteiger partial charge in [-0.15, -0.1) is 0 Å². The number of hydrogen-bond acceptors (Lipinski definition) is 7. The molecule has 1 fully saturated rings. The Morgan fingerprint density at radius 3 is 2.00 bits per heavy atom. The van der Waals surface area contributed by atoms with Gasteiger partial charge in [-0.25, -0.2) is 4.79 Å². The van der Waals surface area contributed by atoms with Crippen LogP contribution in [0.15, 0.2) is 29.2 Å². The molecule has 7 nitrogen and oxygen atoms in total. The summed E-state index contributed by atoms with van der Waals surface area (Å²) in [4.78, 5) is 18.3. The van der Waals surface area contributed by atoms with Gasteiger partial charge in [-0.1, -0.05) is 17.7 Å². The summed E-state index contributed by atoms with van der Waals surface area (Å²) in [7, 11) is -2.56. The number of piperidine rings is 1. The van der Waals surface area contributed by atoms with E-state index in [1.165, 1.54) is 7.11 Å². The van der Waals surface area contributed by atoms with E-state index < -0.39 is 38.9 Å². The Balaban J connectivity index is 2.23. The number of hydrogen-bond donors (Lipinski definition) is 0. The van der Waals surface area contributed by atoms with E-state index in [9.17, 15) is 13.2 Å². The molecule has 1 saturated heterocycles. The number of ether oxygens (including phenoxy) is 1. The molecule has 0 bridgehead atoms. The third-order valence-corrected chi connectivity index (χ3v) is 6.50.